The molecule has 0 atom stereocenters. The Morgan fingerprint density at radius 3 is 2.50 bits per heavy atom. The van der Waals surface area contributed by atoms with Crippen molar-refractivity contribution < 1.29 is 4.42 Å². The number of furan rings is 1. The third-order valence-electron chi connectivity index (χ3n) is 2.08. The predicted octanol–water partition coefficient (Wildman–Crippen LogP) is 2.43. The van der Waals surface area contributed by atoms with E-state index in [9.17, 15) is 0 Å². The molecule has 0 unspecified atom stereocenters. The van der Waals surface area contributed by atoms with Crippen molar-refractivity contribution in [3.8, 4) is 0 Å². The first-order chi connectivity index (χ1) is 5.59. The Morgan fingerprint density at radius 2 is 2.08 bits per heavy atom. The molecule has 0 saturated carbocycles. The topological polar surface area (TPSA) is 16.4 Å². The van der Waals surface area contributed by atoms with E-state index in [4.69, 9.17) is 4.42 Å². The highest BCUT2D eigenvalue weighted by Crippen LogP contribution is 2.09. The van der Waals surface area contributed by atoms with Gasteiger partial charge in [-0.1, -0.05) is 0 Å². The Balaban J connectivity index is 2.52. The Labute approximate surface area is 74.2 Å². The van der Waals surface area contributed by atoms with Gasteiger partial charge in [-0.3, -0.25) is 4.90 Å². The van der Waals surface area contributed by atoms with Crippen molar-refractivity contribution in [3.63, 3.8) is 0 Å². The zero-order valence-electron chi connectivity index (χ0n) is 8.29. The van der Waals surface area contributed by atoms with Gasteiger partial charge in [-0.25, -0.2) is 0 Å². The van der Waals surface area contributed by atoms with Gasteiger partial charge in [0.25, 0.3) is 0 Å². The molecule has 0 radical (unpaired) electrons. The van der Waals surface area contributed by atoms with E-state index in [1.54, 1.807) is 0 Å². The molecule has 12 heavy (non-hydrogen) atoms. The van der Waals surface area contributed by atoms with Crippen molar-refractivity contribution in [2.45, 2.75) is 33.4 Å². The highest BCUT2D eigenvalue weighted by atomic mass is 16.3. The van der Waals surface area contributed by atoms with Crippen molar-refractivity contribution in [1.82, 2.24) is 4.90 Å². The average Bonchev–Trinajstić information content (AvgIpc) is 2.35. The smallest absolute Gasteiger partial charge is 0.118 e. The summed E-state index contributed by atoms with van der Waals surface area (Å²) in [7, 11) is 2.10. The third-order valence-corrected chi connectivity index (χ3v) is 2.08. The van der Waals surface area contributed by atoms with Crippen LogP contribution in [0.15, 0.2) is 16.5 Å². The van der Waals surface area contributed by atoms with Crippen LogP contribution in [0.4, 0.5) is 0 Å². The fraction of sp³-hybridized carbons (Fsp3) is 0.600. The van der Waals surface area contributed by atoms with Gasteiger partial charge in [-0.2, -0.15) is 0 Å². The van der Waals surface area contributed by atoms with E-state index in [0.29, 0.717) is 6.04 Å². The van der Waals surface area contributed by atoms with Gasteiger partial charge in [0.2, 0.25) is 0 Å². The Morgan fingerprint density at radius 1 is 1.42 bits per heavy atom. The summed E-state index contributed by atoms with van der Waals surface area (Å²) in [6, 6.07) is 4.60. The lowest BCUT2D eigenvalue weighted by molar-refractivity contribution is 0.242. The van der Waals surface area contributed by atoms with Crippen LogP contribution < -0.4 is 0 Å². The van der Waals surface area contributed by atoms with Gasteiger partial charge < -0.3 is 4.42 Å². The average molecular weight is 167 g/mol. The molecule has 0 spiro atoms. The van der Waals surface area contributed by atoms with Crippen molar-refractivity contribution >= 4 is 0 Å². The maximum Gasteiger partial charge on any atom is 0.118 e. The molecule has 1 aromatic rings. The SMILES string of the molecule is Cc1ccc(CN(C)C(C)C)o1. The number of rotatable bonds is 3. The lowest BCUT2D eigenvalue weighted by atomic mass is 10.3. The van der Waals surface area contributed by atoms with E-state index in [1.165, 1.54) is 0 Å². The largest absolute Gasteiger partial charge is 0.465 e. The summed E-state index contributed by atoms with van der Waals surface area (Å²) in [5.74, 6) is 2.03. The van der Waals surface area contributed by atoms with E-state index >= 15 is 0 Å². The summed E-state index contributed by atoms with van der Waals surface area (Å²) in [4.78, 5) is 2.25. The maximum absolute atomic E-state index is 5.46. The summed E-state index contributed by atoms with van der Waals surface area (Å²) in [6.45, 7) is 7.22. The maximum atomic E-state index is 5.46. The van der Waals surface area contributed by atoms with E-state index in [-0.39, 0.29) is 0 Å². The fourth-order valence-corrected chi connectivity index (χ4v) is 0.998. The second kappa shape index (κ2) is 3.76. The Hall–Kier alpha value is -0.760. The van der Waals surface area contributed by atoms with Crippen molar-refractivity contribution in [3.05, 3.63) is 23.7 Å². The number of nitrogens with zero attached hydrogens (tertiary/aromatic N) is 1. The standard InChI is InChI=1S/C10H17NO/c1-8(2)11(4)7-10-6-5-9(3)12-10/h5-6,8H,7H2,1-4H3. The third kappa shape index (κ3) is 2.38. The Bertz CT molecular complexity index is 240. The van der Waals surface area contributed by atoms with Crippen LogP contribution in [0.1, 0.15) is 25.4 Å². The van der Waals surface area contributed by atoms with Crippen LogP contribution in [0.3, 0.4) is 0 Å². The molecule has 68 valence electrons. The van der Waals surface area contributed by atoms with Gasteiger partial charge >= 0.3 is 0 Å². The molecule has 1 heterocycles. The molecule has 0 fully saturated rings. The lowest BCUT2D eigenvalue weighted by Crippen LogP contribution is -2.25. The first-order valence-electron chi connectivity index (χ1n) is 4.35. The van der Waals surface area contributed by atoms with Crippen LogP contribution in [-0.2, 0) is 6.54 Å². The van der Waals surface area contributed by atoms with Crippen LogP contribution in [0.5, 0.6) is 0 Å². The van der Waals surface area contributed by atoms with Crippen LogP contribution in [0.2, 0.25) is 0 Å². The normalized spacial score (nSPS) is 11.5. The molecule has 0 aliphatic heterocycles. The molecule has 0 saturated heterocycles. The number of hydrogen-bond acceptors (Lipinski definition) is 2. The van der Waals surface area contributed by atoms with E-state index in [0.717, 1.165) is 18.1 Å². The quantitative estimate of drug-likeness (QED) is 0.687. The fourth-order valence-electron chi connectivity index (χ4n) is 0.998. The molecule has 2 heteroatoms. The molecular formula is C10H17NO. The summed E-state index contributed by atoms with van der Waals surface area (Å²) >= 11 is 0. The predicted molar refractivity (Wildman–Crippen MR) is 50.0 cm³/mol. The Kier molecular flexibility index (Phi) is 2.93. The van der Waals surface area contributed by atoms with Crippen molar-refractivity contribution in [2.24, 2.45) is 0 Å². The second-order valence-corrected chi connectivity index (χ2v) is 3.52. The van der Waals surface area contributed by atoms with Gasteiger partial charge in [0, 0.05) is 6.04 Å². The molecule has 0 N–H and O–H groups in total. The zero-order valence-corrected chi connectivity index (χ0v) is 8.29. The van der Waals surface area contributed by atoms with Gasteiger partial charge in [0.15, 0.2) is 0 Å². The van der Waals surface area contributed by atoms with Crippen molar-refractivity contribution in [2.75, 3.05) is 7.05 Å². The highest BCUT2D eigenvalue weighted by molar-refractivity contribution is 5.05. The van der Waals surface area contributed by atoms with E-state index < -0.39 is 0 Å². The first-order valence-corrected chi connectivity index (χ1v) is 4.35. The molecule has 0 aromatic carbocycles. The molecule has 0 bridgehead atoms. The van der Waals surface area contributed by atoms with Crippen LogP contribution in [0, 0.1) is 6.92 Å². The minimum absolute atomic E-state index is 0.565. The first kappa shape index (κ1) is 9.33. The number of hydrogen-bond donors (Lipinski definition) is 0. The summed E-state index contributed by atoms with van der Waals surface area (Å²) in [6.07, 6.45) is 0. The van der Waals surface area contributed by atoms with Gasteiger partial charge in [0.1, 0.15) is 11.5 Å². The minimum atomic E-state index is 0.565. The highest BCUT2D eigenvalue weighted by Gasteiger charge is 2.06. The molecular weight excluding hydrogens is 150 g/mol. The van der Waals surface area contributed by atoms with Crippen LogP contribution >= 0.6 is 0 Å². The van der Waals surface area contributed by atoms with Crippen LogP contribution in [-0.4, -0.2) is 18.0 Å². The zero-order chi connectivity index (χ0) is 9.14. The van der Waals surface area contributed by atoms with E-state index in [1.807, 2.05) is 19.1 Å². The summed E-state index contributed by atoms with van der Waals surface area (Å²) < 4.78 is 5.46. The summed E-state index contributed by atoms with van der Waals surface area (Å²) in [5.41, 5.74) is 0. The summed E-state index contributed by atoms with van der Waals surface area (Å²) in [5, 5.41) is 0. The monoisotopic (exact) mass is 167 g/mol. The second-order valence-electron chi connectivity index (χ2n) is 3.52. The molecule has 0 amide bonds. The minimum Gasteiger partial charge on any atom is -0.465 e. The molecule has 0 aliphatic rings. The molecule has 0 aliphatic carbocycles. The van der Waals surface area contributed by atoms with Crippen LogP contribution in [0.25, 0.3) is 0 Å². The number of aryl methyl sites for hydroxylation is 1. The molecule has 1 aromatic heterocycles. The molecule has 1 rings (SSSR count). The van der Waals surface area contributed by atoms with Gasteiger partial charge in [-0.15, -0.1) is 0 Å². The lowest BCUT2D eigenvalue weighted by Gasteiger charge is -2.19. The van der Waals surface area contributed by atoms with E-state index in [2.05, 4.69) is 25.8 Å². The van der Waals surface area contributed by atoms with Crippen molar-refractivity contribution in [1.29, 1.82) is 0 Å². The van der Waals surface area contributed by atoms with Gasteiger partial charge in [-0.05, 0) is 40.0 Å². The molecule has 2 nitrogen and oxygen atoms in total. The van der Waals surface area contributed by atoms with Gasteiger partial charge in [0.05, 0.1) is 6.54 Å².